The highest BCUT2D eigenvalue weighted by molar-refractivity contribution is 6.13. The van der Waals surface area contributed by atoms with Crippen molar-refractivity contribution in [3.8, 4) is 0 Å². The summed E-state index contributed by atoms with van der Waals surface area (Å²) in [6, 6.07) is 25.0. The highest BCUT2D eigenvalue weighted by atomic mass is 35.5. The van der Waals surface area contributed by atoms with Crippen molar-refractivity contribution in [3.63, 3.8) is 0 Å². The number of hydrogen-bond acceptors (Lipinski definition) is 4. The van der Waals surface area contributed by atoms with E-state index in [-0.39, 0.29) is 12.4 Å². The molecule has 0 saturated heterocycles. The van der Waals surface area contributed by atoms with Crippen molar-refractivity contribution in [2.24, 2.45) is 5.10 Å². The number of para-hydroxylation sites is 2. The van der Waals surface area contributed by atoms with Gasteiger partial charge in [0.1, 0.15) is 0 Å². The number of hydrazone groups is 1. The van der Waals surface area contributed by atoms with Crippen LogP contribution in [-0.2, 0) is 0 Å². The first-order valence-corrected chi connectivity index (χ1v) is 8.77. The summed E-state index contributed by atoms with van der Waals surface area (Å²) in [5.74, 6) is 0.889. The molecule has 0 atom stereocenters. The molecule has 0 aliphatic carbocycles. The number of benzene rings is 3. The number of rotatable bonds is 3. The minimum absolute atomic E-state index is 0. The van der Waals surface area contributed by atoms with Gasteiger partial charge in [-0.1, -0.05) is 60.7 Å². The molecule has 27 heavy (non-hydrogen) atoms. The van der Waals surface area contributed by atoms with Gasteiger partial charge in [-0.2, -0.15) is 10.7 Å². The zero-order chi connectivity index (χ0) is 18.1. The van der Waals surface area contributed by atoms with Gasteiger partial charge in [-0.3, -0.25) is 0 Å². The molecule has 1 aliphatic heterocycles. The Bertz CT molecular complexity index is 983. The number of nitrogens with zero attached hydrogens (tertiary/aromatic N) is 3. The van der Waals surface area contributed by atoms with Gasteiger partial charge in [-0.05, 0) is 49.6 Å². The van der Waals surface area contributed by atoms with Crippen LogP contribution < -0.4 is 15.7 Å². The Hall–Kier alpha value is -2.98. The molecule has 0 aromatic heterocycles. The Kier molecular flexibility index (Phi) is 5.38. The van der Waals surface area contributed by atoms with Crippen molar-refractivity contribution in [3.05, 3.63) is 95.1 Å². The first-order chi connectivity index (χ1) is 12.7. The van der Waals surface area contributed by atoms with Crippen LogP contribution in [0.5, 0.6) is 0 Å². The monoisotopic (exact) mass is 378 g/mol. The molecule has 0 spiro atoms. The molecule has 3 aromatic rings. The average Bonchev–Trinajstić information content (AvgIpc) is 3.07. The molecule has 0 saturated carbocycles. The van der Waals surface area contributed by atoms with Crippen molar-refractivity contribution in [2.45, 2.75) is 20.8 Å². The van der Waals surface area contributed by atoms with Crippen LogP contribution in [-0.4, -0.2) is 5.84 Å². The van der Waals surface area contributed by atoms with Crippen molar-refractivity contribution in [1.29, 1.82) is 0 Å². The van der Waals surface area contributed by atoms with Crippen molar-refractivity contribution in [1.82, 2.24) is 5.53 Å². The van der Waals surface area contributed by atoms with Crippen molar-refractivity contribution in [2.75, 3.05) is 10.1 Å². The smallest absolute Gasteiger partial charge is 0.183 e. The van der Waals surface area contributed by atoms with E-state index in [4.69, 9.17) is 0 Å². The third-order valence-corrected chi connectivity index (χ3v) is 4.72. The van der Waals surface area contributed by atoms with Crippen LogP contribution in [0.3, 0.4) is 0 Å². The SMILES string of the molecule is Cc1ccccc1C1=NNN(c2ccccc2C)N1c1ccccc1C.Cl. The van der Waals surface area contributed by atoms with Gasteiger partial charge < -0.3 is 0 Å². The second-order valence-corrected chi connectivity index (χ2v) is 6.55. The van der Waals surface area contributed by atoms with Crippen LogP contribution in [0.2, 0.25) is 0 Å². The molecule has 3 aromatic carbocycles. The molecule has 0 amide bonds. The average molecular weight is 379 g/mol. The van der Waals surface area contributed by atoms with Gasteiger partial charge in [-0.15, -0.1) is 17.5 Å². The summed E-state index contributed by atoms with van der Waals surface area (Å²) in [7, 11) is 0. The minimum Gasteiger partial charge on any atom is -0.213 e. The molecule has 1 heterocycles. The first kappa shape index (κ1) is 18.8. The number of hydrogen-bond donors (Lipinski definition) is 1. The second-order valence-electron chi connectivity index (χ2n) is 6.55. The lowest BCUT2D eigenvalue weighted by molar-refractivity contribution is 0.720. The van der Waals surface area contributed by atoms with Gasteiger partial charge in [0.15, 0.2) is 5.84 Å². The van der Waals surface area contributed by atoms with E-state index < -0.39 is 0 Å². The number of amidine groups is 1. The van der Waals surface area contributed by atoms with Crippen molar-refractivity contribution < 1.29 is 0 Å². The number of nitrogens with one attached hydrogen (secondary N) is 1. The number of halogens is 1. The molecule has 0 bridgehead atoms. The second kappa shape index (κ2) is 7.72. The predicted octanol–water partition coefficient (Wildman–Crippen LogP) is 5.14. The third-order valence-electron chi connectivity index (χ3n) is 4.72. The Balaban J connectivity index is 0.00000210. The summed E-state index contributed by atoms with van der Waals surface area (Å²) in [6.07, 6.45) is 0. The topological polar surface area (TPSA) is 30.9 Å². The fourth-order valence-electron chi connectivity index (χ4n) is 3.27. The van der Waals surface area contributed by atoms with Gasteiger partial charge in [0.25, 0.3) is 0 Å². The summed E-state index contributed by atoms with van der Waals surface area (Å²) >= 11 is 0. The summed E-state index contributed by atoms with van der Waals surface area (Å²) in [5.41, 5.74) is 10.1. The maximum absolute atomic E-state index is 4.68. The summed E-state index contributed by atoms with van der Waals surface area (Å²) in [4.78, 5) is 0. The van der Waals surface area contributed by atoms with Crippen LogP contribution in [0.4, 0.5) is 11.4 Å². The normalized spacial score (nSPS) is 13.1. The molecule has 0 unspecified atom stereocenters. The highest BCUT2D eigenvalue weighted by Crippen LogP contribution is 2.31. The lowest BCUT2D eigenvalue weighted by atomic mass is 10.1. The molecular formula is C22H23ClN4. The predicted molar refractivity (Wildman–Crippen MR) is 115 cm³/mol. The zero-order valence-electron chi connectivity index (χ0n) is 15.7. The molecular weight excluding hydrogens is 356 g/mol. The summed E-state index contributed by atoms with van der Waals surface area (Å²) in [5, 5.41) is 8.85. The van der Waals surface area contributed by atoms with Gasteiger partial charge in [0.2, 0.25) is 0 Å². The lowest BCUT2D eigenvalue weighted by Gasteiger charge is -2.32. The van der Waals surface area contributed by atoms with E-state index in [9.17, 15) is 0 Å². The van der Waals surface area contributed by atoms with E-state index >= 15 is 0 Å². The van der Waals surface area contributed by atoms with Gasteiger partial charge in [0, 0.05) is 5.56 Å². The maximum atomic E-state index is 4.68. The number of hydrazine groups is 2. The molecule has 1 aliphatic rings. The van der Waals surface area contributed by atoms with E-state index in [1.54, 1.807) is 0 Å². The van der Waals surface area contributed by atoms with Crippen LogP contribution in [0.1, 0.15) is 22.3 Å². The molecule has 5 heteroatoms. The molecule has 0 radical (unpaired) electrons. The Morgan fingerprint density at radius 3 is 1.78 bits per heavy atom. The minimum atomic E-state index is 0. The number of anilines is 2. The van der Waals surface area contributed by atoms with Crippen LogP contribution in [0.15, 0.2) is 77.9 Å². The molecule has 0 fully saturated rings. The highest BCUT2D eigenvalue weighted by Gasteiger charge is 2.31. The van der Waals surface area contributed by atoms with Gasteiger partial charge in [-0.25, -0.2) is 5.01 Å². The van der Waals surface area contributed by atoms with Crippen molar-refractivity contribution >= 4 is 29.6 Å². The van der Waals surface area contributed by atoms with E-state index in [1.165, 1.54) is 16.7 Å². The van der Waals surface area contributed by atoms with Crippen LogP contribution in [0, 0.1) is 20.8 Å². The quantitative estimate of drug-likeness (QED) is 0.684. The summed E-state index contributed by atoms with van der Waals surface area (Å²) in [6.45, 7) is 6.35. The largest absolute Gasteiger partial charge is 0.213 e. The van der Waals surface area contributed by atoms with Crippen LogP contribution >= 0.6 is 12.4 Å². The maximum Gasteiger partial charge on any atom is 0.183 e. The lowest BCUT2D eigenvalue weighted by Crippen LogP contribution is -2.47. The van der Waals surface area contributed by atoms with Gasteiger partial charge in [0.05, 0.1) is 11.4 Å². The zero-order valence-corrected chi connectivity index (χ0v) is 16.5. The first-order valence-electron chi connectivity index (χ1n) is 8.77. The standard InChI is InChI=1S/C22H22N4.ClH/c1-16-10-4-7-13-19(16)22-23-24-26(21-15-9-6-12-18(21)3)25(22)20-14-8-5-11-17(20)2;/h4-15,24H,1-3H3;1H. The Morgan fingerprint density at radius 1 is 0.667 bits per heavy atom. The molecule has 1 N–H and O–H groups in total. The molecule has 4 nitrogen and oxygen atoms in total. The fourth-order valence-corrected chi connectivity index (χ4v) is 3.27. The third kappa shape index (κ3) is 3.36. The number of aryl methyl sites for hydroxylation is 3. The van der Waals surface area contributed by atoms with Crippen LogP contribution in [0.25, 0.3) is 0 Å². The fraction of sp³-hybridized carbons (Fsp3) is 0.136. The Morgan fingerprint density at radius 2 is 1.19 bits per heavy atom. The summed E-state index contributed by atoms with van der Waals surface area (Å²) < 4.78 is 0. The van der Waals surface area contributed by atoms with E-state index in [2.05, 4.69) is 103 Å². The van der Waals surface area contributed by atoms with Gasteiger partial charge >= 0.3 is 0 Å². The van der Waals surface area contributed by atoms with E-state index in [1.807, 2.05) is 11.2 Å². The van der Waals surface area contributed by atoms with E-state index in [0.717, 1.165) is 22.8 Å². The molecule has 4 rings (SSSR count). The van der Waals surface area contributed by atoms with E-state index in [0.29, 0.717) is 0 Å². The molecule has 138 valence electrons. The Labute approximate surface area is 166 Å².